The third kappa shape index (κ3) is 3.60. The summed E-state index contributed by atoms with van der Waals surface area (Å²) in [4.78, 5) is 4.22. The second-order valence-corrected chi connectivity index (χ2v) is 4.73. The van der Waals surface area contributed by atoms with Crippen molar-refractivity contribution in [3.63, 3.8) is 0 Å². The molecule has 0 aliphatic heterocycles. The monoisotopic (exact) mass is 277 g/mol. The summed E-state index contributed by atoms with van der Waals surface area (Å²) in [6.07, 6.45) is 3.25. The highest BCUT2D eigenvalue weighted by molar-refractivity contribution is 7.79. The molecule has 0 aliphatic carbocycles. The van der Waals surface area contributed by atoms with E-state index in [-0.39, 0.29) is 4.90 Å². The number of rotatable bonds is 5. The highest BCUT2D eigenvalue weighted by Crippen LogP contribution is 2.24. The van der Waals surface area contributed by atoms with E-state index in [2.05, 4.69) is 10.3 Å². The van der Waals surface area contributed by atoms with Gasteiger partial charge in [0, 0.05) is 17.6 Å². The zero-order valence-electron chi connectivity index (χ0n) is 10.3. The van der Waals surface area contributed by atoms with Gasteiger partial charge in [0.1, 0.15) is 11.5 Å². The molecule has 0 radical (unpaired) electrons. The molecule has 2 aromatic rings. The van der Waals surface area contributed by atoms with E-state index in [1.165, 1.54) is 6.07 Å². The minimum absolute atomic E-state index is 0.271. The Labute approximate surface area is 113 Å². The fraction of sp³-hybridized carbons (Fsp3) is 0.154. The van der Waals surface area contributed by atoms with Crippen molar-refractivity contribution in [3.8, 4) is 11.5 Å². The molecular formula is C13H13N2O3S-. The quantitative estimate of drug-likeness (QED) is 0.844. The van der Waals surface area contributed by atoms with Crippen LogP contribution in [0.15, 0.2) is 47.6 Å². The smallest absolute Gasteiger partial charge is 0.145 e. The van der Waals surface area contributed by atoms with E-state index in [1.807, 2.05) is 0 Å². The fourth-order valence-electron chi connectivity index (χ4n) is 1.65. The number of hydrogen-bond donors (Lipinski definition) is 1. The summed E-state index contributed by atoms with van der Waals surface area (Å²) < 4.78 is 27.8. The van der Waals surface area contributed by atoms with Crippen LogP contribution in [-0.4, -0.2) is 20.8 Å². The van der Waals surface area contributed by atoms with Gasteiger partial charge in [0.15, 0.2) is 0 Å². The van der Waals surface area contributed by atoms with E-state index >= 15 is 0 Å². The predicted octanol–water partition coefficient (Wildman–Crippen LogP) is 1.83. The Bertz CT molecular complexity index is 575. The zero-order chi connectivity index (χ0) is 13.7. The molecule has 0 spiro atoms. The van der Waals surface area contributed by atoms with Gasteiger partial charge in [0.25, 0.3) is 0 Å². The number of pyridine rings is 1. The molecule has 100 valence electrons. The normalized spacial score (nSPS) is 12.1. The maximum Gasteiger partial charge on any atom is 0.145 e. The van der Waals surface area contributed by atoms with Gasteiger partial charge >= 0.3 is 0 Å². The van der Waals surface area contributed by atoms with Crippen molar-refractivity contribution >= 4 is 11.1 Å². The Hall–Kier alpha value is -1.76. The van der Waals surface area contributed by atoms with Gasteiger partial charge in [-0.25, -0.2) is 0 Å². The van der Waals surface area contributed by atoms with Gasteiger partial charge in [0.2, 0.25) is 0 Å². The van der Waals surface area contributed by atoms with E-state index in [9.17, 15) is 8.76 Å². The Morgan fingerprint density at radius 1 is 1.37 bits per heavy atom. The molecule has 0 amide bonds. The summed E-state index contributed by atoms with van der Waals surface area (Å²) >= 11 is -2.25. The predicted molar refractivity (Wildman–Crippen MR) is 70.7 cm³/mol. The first-order chi connectivity index (χ1) is 9.20. The molecule has 1 N–H and O–H groups in total. The van der Waals surface area contributed by atoms with Crippen LogP contribution in [0, 0.1) is 0 Å². The van der Waals surface area contributed by atoms with Crippen molar-refractivity contribution in [2.45, 2.75) is 11.4 Å². The standard InChI is InChI=1S/C13H14N2O3S/c1-14-8-10-7-11(4-5-13(10)19(16)17)18-12-3-2-6-15-9-12/h2-7,9,14H,8H2,1H3,(H,16,17)/p-1. The van der Waals surface area contributed by atoms with E-state index in [4.69, 9.17) is 4.74 Å². The minimum atomic E-state index is -2.25. The number of hydrogen-bond acceptors (Lipinski definition) is 5. The lowest BCUT2D eigenvalue weighted by atomic mass is 10.2. The Morgan fingerprint density at radius 3 is 2.84 bits per heavy atom. The molecular weight excluding hydrogens is 264 g/mol. The van der Waals surface area contributed by atoms with Crippen LogP contribution in [0.25, 0.3) is 0 Å². The molecule has 1 heterocycles. The van der Waals surface area contributed by atoms with Crippen molar-refractivity contribution in [1.82, 2.24) is 10.3 Å². The number of nitrogens with zero attached hydrogens (tertiary/aromatic N) is 1. The molecule has 2 rings (SSSR count). The van der Waals surface area contributed by atoms with Crippen molar-refractivity contribution < 1.29 is 13.5 Å². The molecule has 1 aromatic heterocycles. The zero-order valence-corrected chi connectivity index (χ0v) is 11.1. The van der Waals surface area contributed by atoms with Crippen LogP contribution >= 0.6 is 0 Å². The summed E-state index contributed by atoms with van der Waals surface area (Å²) in [5.41, 5.74) is 0.664. The van der Waals surface area contributed by atoms with Gasteiger partial charge < -0.3 is 14.6 Å². The second kappa shape index (κ2) is 6.42. The third-order valence-corrected chi connectivity index (χ3v) is 3.21. The molecule has 1 atom stereocenters. The van der Waals surface area contributed by atoms with E-state index in [0.29, 0.717) is 23.6 Å². The van der Waals surface area contributed by atoms with Crippen LogP contribution in [-0.2, 0) is 17.6 Å². The maximum absolute atomic E-state index is 11.1. The lowest BCUT2D eigenvalue weighted by Crippen LogP contribution is -2.08. The molecule has 6 heteroatoms. The van der Waals surface area contributed by atoms with Gasteiger partial charge in [-0.3, -0.25) is 9.19 Å². The summed E-state index contributed by atoms with van der Waals surface area (Å²) in [6.45, 7) is 0.452. The lowest BCUT2D eigenvalue weighted by Gasteiger charge is -2.13. The molecule has 0 bridgehead atoms. The second-order valence-electron chi connectivity index (χ2n) is 3.83. The first-order valence-corrected chi connectivity index (χ1v) is 6.73. The number of aromatic nitrogens is 1. The van der Waals surface area contributed by atoms with Crippen LogP contribution < -0.4 is 10.1 Å². The molecule has 0 saturated heterocycles. The summed E-state index contributed by atoms with van der Waals surface area (Å²) in [5, 5.41) is 2.93. The van der Waals surface area contributed by atoms with Gasteiger partial charge in [0.05, 0.1) is 6.20 Å². The average molecular weight is 277 g/mol. The Balaban J connectivity index is 2.27. The highest BCUT2D eigenvalue weighted by atomic mass is 32.2. The van der Waals surface area contributed by atoms with Crippen LogP contribution in [0.1, 0.15) is 5.56 Å². The topological polar surface area (TPSA) is 74.3 Å². The SMILES string of the molecule is CNCc1cc(Oc2cccnc2)ccc1S(=O)[O-]. The largest absolute Gasteiger partial charge is 0.768 e. The summed E-state index contributed by atoms with van der Waals surface area (Å²) in [7, 11) is 1.76. The molecule has 1 aromatic carbocycles. The van der Waals surface area contributed by atoms with E-state index in [0.717, 1.165) is 0 Å². The summed E-state index contributed by atoms with van der Waals surface area (Å²) in [5.74, 6) is 1.18. The fourth-order valence-corrected chi connectivity index (χ4v) is 2.18. The van der Waals surface area contributed by atoms with Crippen molar-refractivity contribution in [1.29, 1.82) is 0 Å². The van der Waals surface area contributed by atoms with Crippen molar-refractivity contribution in [2.24, 2.45) is 0 Å². The Morgan fingerprint density at radius 2 is 2.21 bits per heavy atom. The van der Waals surface area contributed by atoms with Gasteiger partial charge in [-0.1, -0.05) is 0 Å². The van der Waals surface area contributed by atoms with E-state index < -0.39 is 11.1 Å². The van der Waals surface area contributed by atoms with Gasteiger partial charge in [-0.05, 0) is 54.0 Å². The first kappa shape index (κ1) is 13.7. The lowest BCUT2D eigenvalue weighted by molar-refractivity contribution is 0.478. The minimum Gasteiger partial charge on any atom is -0.768 e. The Kier molecular flexibility index (Phi) is 4.62. The van der Waals surface area contributed by atoms with Crippen LogP contribution in [0.2, 0.25) is 0 Å². The maximum atomic E-state index is 11.1. The molecule has 19 heavy (non-hydrogen) atoms. The van der Waals surface area contributed by atoms with Crippen molar-refractivity contribution in [2.75, 3.05) is 7.05 Å². The molecule has 0 saturated carbocycles. The number of benzene rings is 1. The third-order valence-electron chi connectivity index (χ3n) is 2.45. The summed E-state index contributed by atoms with van der Waals surface area (Å²) in [6, 6.07) is 8.41. The number of nitrogens with one attached hydrogen (secondary N) is 1. The molecule has 0 fully saturated rings. The van der Waals surface area contributed by atoms with Crippen molar-refractivity contribution in [3.05, 3.63) is 48.3 Å². The average Bonchev–Trinajstić information content (AvgIpc) is 2.40. The van der Waals surface area contributed by atoms with Gasteiger partial charge in [-0.2, -0.15) is 0 Å². The molecule has 0 aliphatic rings. The molecule has 1 unspecified atom stereocenters. The van der Waals surface area contributed by atoms with Gasteiger partial charge in [-0.15, -0.1) is 0 Å². The first-order valence-electron chi connectivity index (χ1n) is 5.65. The highest BCUT2D eigenvalue weighted by Gasteiger charge is 2.05. The number of ether oxygens (including phenoxy) is 1. The van der Waals surface area contributed by atoms with E-state index in [1.54, 1.807) is 43.7 Å². The van der Waals surface area contributed by atoms with Crippen LogP contribution in [0.5, 0.6) is 11.5 Å². The molecule has 5 nitrogen and oxygen atoms in total. The van der Waals surface area contributed by atoms with Crippen LogP contribution in [0.3, 0.4) is 0 Å². The van der Waals surface area contributed by atoms with Crippen LogP contribution in [0.4, 0.5) is 0 Å².